The summed E-state index contributed by atoms with van der Waals surface area (Å²) in [5, 5.41) is 5.94. The first-order valence-electron chi connectivity index (χ1n) is 10.2. The number of carbonyl (C=O) groups excluding carboxylic acids is 2. The summed E-state index contributed by atoms with van der Waals surface area (Å²) < 4.78 is 5.51. The molecule has 29 heavy (non-hydrogen) atoms. The molecule has 1 unspecified atom stereocenters. The van der Waals surface area contributed by atoms with Gasteiger partial charge in [0.15, 0.2) is 0 Å². The smallest absolute Gasteiger partial charge is 0.317 e. The van der Waals surface area contributed by atoms with Gasteiger partial charge < -0.3 is 20.3 Å². The van der Waals surface area contributed by atoms with Crippen molar-refractivity contribution < 1.29 is 14.3 Å². The molecule has 1 saturated heterocycles. The van der Waals surface area contributed by atoms with Crippen LogP contribution in [0.3, 0.4) is 0 Å². The second kappa shape index (κ2) is 10.6. The minimum absolute atomic E-state index is 0.0317. The monoisotopic (exact) mass is 395 g/mol. The Hall–Kier alpha value is -2.86. The number of anilines is 1. The van der Waals surface area contributed by atoms with Gasteiger partial charge in [-0.05, 0) is 43.0 Å². The number of amides is 3. The van der Waals surface area contributed by atoms with Crippen LogP contribution in [0.5, 0.6) is 0 Å². The first-order valence-corrected chi connectivity index (χ1v) is 10.2. The maximum absolute atomic E-state index is 12.7. The molecule has 1 heterocycles. The first kappa shape index (κ1) is 20.9. The van der Waals surface area contributed by atoms with Crippen LogP contribution in [0, 0.1) is 5.92 Å². The molecule has 0 saturated carbocycles. The molecule has 1 aliphatic heterocycles. The molecular weight excluding hydrogens is 366 g/mol. The van der Waals surface area contributed by atoms with Gasteiger partial charge in [0.2, 0.25) is 5.91 Å². The Morgan fingerprint density at radius 2 is 1.79 bits per heavy atom. The van der Waals surface area contributed by atoms with E-state index in [0.717, 1.165) is 29.7 Å². The molecule has 3 amide bonds. The second-order valence-electron chi connectivity index (χ2n) is 7.20. The van der Waals surface area contributed by atoms with Crippen molar-refractivity contribution in [2.45, 2.75) is 32.9 Å². The van der Waals surface area contributed by atoms with Crippen molar-refractivity contribution in [2.75, 3.05) is 25.0 Å². The molecule has 2 aromatic carbocycles. The summed E-state index contributed by atoms with van der Waals surface area (Å²) >= 11 is 0. The van der Waals surface area contributed by atoms with Gasteiger partial charge in [-0.1, -0.05) is 42.5 Å². The number of para-hydroxylation sites is 1. The summed E-state index contributed by atoms with van der Waals surface area (Å²) in [6.07, 6.45) is 1.61. The molecule has 6 heteroatoms. The fourth-order valence-electron chi connectivity index (χ4n) is 3.51. The van der Waals surface area contributed by atoms with Crippen LogP contribution in [0.1, 0.15) is 30.9 Å². The van der Waals surface area contributed by atoms with E-state index in [9.17, 15) is 9.59 Å². The maximum Gasteiger partial charge on any atom is 0.317 e. The normalized spacial score (nSPS) is 16.3. The molecule has 0 aliphatic carbocycles. The van der Waals surface area contributed by atoms with E-state index >= 15 is 0 Å². The molecule has 0 bridgehead atoms. The lowest BCUT2D eigenvalue weighted by Gasteiger charge is -2.32. The lowest BCUT2D eigenvalue weighted by molar-refractivity contribution is -0.121. The molecule has 0 radical (unpaired) electrons. The summed E-state index contributed by atoms with van der Waals surface area (Å²) in [5.41, 5.74) is 2.91. The molecule has 1 aliphatic rings. The van der Waals surface area contributed by atoms with Gasteiger partial charge in [0, 0.05) is 31.9 Å². The molecule has 6 nitrogen and oxygen atoms in total. The fraction of sp³-hybridized carbons (Fsp3) is 0.391. The Morgan fingerprint density at radius 1 is 1.07 bits per heavy atom. The van der Waals surface area contributed by atoms with Crippen molar-refractivity contribution in [3.8, 4) is 0 Å². The van der Waals surface area contributed by atoms with Crippen molar-refractivity contribution in [3.63, 3.8) is 0 Å². The number of rotatable bonds is 7. The fourth-order valence-corrected chi connectivity index (χ4v) is 3.51. The minimum atomic E-state index is -0.194. The topological polar surface area (TPSA) is 70.7 Å². The van der Waals surface area contributed by atoms with Crippen LogP contribution in [0.15, 0.2) is 54.6 Å². The molecule has 2 aromatic rings. The molecule has 1 fully saturated rings. The number of hydrogen-bond donors (Lipinski definition) is 2. The van der Waals surface area contributed by atoms with Crippen LogP contribution in [-0.2, 0) is 22.7 Å². The number of piperidine rings is 1. The third kappa shape index (κ3) is 6.06. The number of hydrogen-bond acceptors (Lipinski definition) is 3. The Labute approximate surface area is 172 Å². The zero-order valence-electron chi connectivity index (χ0n) is 16.9. The number of nitrogens with zero attached hydrogens (tertiary/aromatic N) is 1. The number of benzene rings is 2. The zero-order valence-corrected chi connectivity index (χ0v) is 16.9. The molecule has 154 valence electrons. The number of carbonyl (C=O) groups is 2. The van der Waals surface area contributed by atoms with E-state index in [1.54, 1.807) is 4.90 Å². The third-order valence-electron chi connectivity index (χ3n) is 5.13. The second-order valence-corrected chi connectivity index (χ2v) is 7.20. The SMILES string of the molecule is CCOCc1ccccc1CNC(=O)N1CCCC(C(=O)Nc2ccccc2)C1. The number of urea groups is 1. The number of likely N-dealkylation sites (tertiary alicyclic amines) is 1. The highest BCUT2D eigenvalue weighted by Gasteiger charge is 2.28. The third-order valence-corrected chi connectivity index (χ3v) is 5.13. The quantitative estimate of drug-likeness (QED) is 0.749. The van der Waals surface area contributed by atoms with Gasteiger partial charge in [-0.2, -0.15) is 0 Å². The Kier molecular flexibility index (Phi) is 7.64. The lowest BCUT2D eigenvalue weighted by Crippen LogP contribution is -2.47. The maximum atomic E-state index is 12.7. The summed E-state index contributed by atoms with van der Waals surface area (Å²) in [5.74, 6) is -0.226. The van der Waals surface area contributed by atoms with Gasteiger partial charge in [-0.3, -0.25) is 4.79 Å². The van der Waals surface area contributed by atoms with Crippen LogP contribution < -0.4 is 10.6 Å². The van der Waals surface area contributed by atoms with Crippen LogP contribution >= 0.6 is 0 Å². The van der Waals surface area contributed by atoms with Gasteiger partial charge in [0.25, 0.3) is 0 Å². The van der Waals surface area contributed by atoms with E-state index in [1.807, 2.05) is 61.5 Å². The van der Waals surface area contributed by atoms with Crippen molar-refractivity contribution >= 4 is 17.6 Å². The Morgan fingerprint density at radius 3 is 2.55 bits per heavy atom. The first-order chi connectivity index (χ1) is 14.2. The van der Waals surface area contributed by atoms with E-state index < -0.39 is 0 Å². The predicted molar refractivity (Wildman–Crippen MR) is 113 cm³/mol. The van der Waals surface area contributed by atoms with Crippen LogP contribution in [-0.4, -0.2) is 36.5 Å². The summed E-state index contributed by atoms with van der Waals surface area (Å²) in [6.45, 7) is 4.70. The summed E-state index contributed by atoms with van der Waals surface area (Å²) in [4.78, 5) is 27.0. The lowest BCUT2D eigenvalue weighted by atomic mass is 9.97. The van der Waals surface area contributed by atoms with Crippen molar-refractivity contribution in [2.24, 2.45) is 5.92 Å². The standard InChI is InChI=1S/C23H29N3O3/c1-2-29-17-20-10-7-6-9-18(20)15-24-23(28)26-14-8-11-19(16-26)22(27)25-21-12-4-3-5-13-21/h3-7,9-10,12-13,19H,2,8,11,14-17H2,1H3,(H,24,28)(H,25,27). The number of nitrogens with one attached hydrogen (secondary N) is 2. The number of ether oxygens (including phenoxy) is 1. The van der Waals surface area contributed by atoms with Gasteiger partial charge >= 0.3 is 6.03 Å². The minimum Gasteiger partial charge on any atom is -0.377 e. The highest BCUT2D eigenvalue weighted by atomic mass is 16.5. The summed E-state index contributed by atoms with van der Waals surface area (Å²) in [6, 6.07) is 17.2. The van der Waals surface area contributed by atoms with Gasteiger partial charge in [0.1, 0.15) is 0 Å². The average Bonchev–Trinajstić information content (AvgIpc) is 2.77. The predicted octanol–water partition coefficient (Wildman–Crippen LogP) is 3.78. The Bertz CT molecular complexity index is 810. The molecule has 3 rings (SSSR count). The molecule has 2 N–H and O–H groups in total. The van der Waals surface area contributed by atoms with E-state index in [-0.39, 0.29) is 17.9 Å². The molecular formula is C23H29N3O3. The zero-order chi connectivity index (χ0) is 20.5. The molecule has 0 aromatic heterocycles. The van der Waals surface area contributed by atoms with Crippen LogP contribution in [0.2, 0.25) is 0 Å². The van der Waals surface area contributed by atoms with Crippen LogP contribution in [0.25, 0.3) is 0 Å². The van der Waals surface area contributed by atoms with E-state index in [0.29, 0.717) is 32.8 Å². The Balaban J connectivity index is 1.53. The van der Waals surface area contributed by atoms with Crippen molar-refractivity contribution in [3.05, 3.63) is 65.7 Å². The van der Waals surface area contributed by atoms with Gasteiger partial charge in [0.05, 0.1) is 12.5 Å². The summed E-state index contributed by atoms with van der Waals surface area (Å²) in [7, 11) is 0. The molecule has 1 atom stereocenters. The van der Waals surface area contributed by atoms with E-state index in [1.165, 1.54) is 0 Å². The largest absolute Gasteiger partial charge is 0.377 e. The average molecular weight is 396 g/mol. The highest BCUT2D eigenvalue weighted by Crippen LogP contribution is 2.19. The van der Waals surface area contributed by atoms with E-state index in [2.05, 4.69) is 10.6 Å². The van der Waals surface area contributed by atoms with Crippen LogP contribution in [0.4, 0.5) is 10.5 Å². The van der Waals surface area contributed by atoms with Crippen molar-refractivity contribution in [1.82, 2.24) is 10.2 Å². The highest BCUT2D eigenvalue weighted by molar-refractivity contribution is 5.93. The van der Waals surface area contributed by atoms with Gasteiger partial charge in [-0.15, -0.1) is 0 Å². The van der Waals surface area contributed by atoms with Crippen molar-refractivity contribution in [1.29, 1.82) is 0 Å². The van der Waals surface area contributed by atoms with E-state index in [4.69, 9.17) is 4.74 Å². The molecule has 0 spiro atoms. The van der Waals surface area contributed by atoms with Gasteiger partial charge in [-0.25, -0.2) is 4.79 Å².